The Morgan fingerprint density at radius 1 is 1.10 bits per heavy atom. The molecule has 0 atom stereocenters. The van der Waals surface area contributed by atoms with Gasteiger partial charge >= 0.3 is 0 Å². The van der Waals surface area contributed by atoms with Crippen LogP contribution in [0.1, 0.15) is 12.8 Å². The normalized spacial score (nSPS) is 15.1. The van der Waals surface area contributed by atoms with Crippen LogP contribution in [0.4, 0.5) is 5.82 Å². The molecule has 8 heteroatoms. The van der Waals surface area contributed by atoms with Gasteiger partial charge in [-0.15, -0.1) is 0 Å². The van der Waals surface area contributed by atoms with Crippen LogP contribution in [-0.2, 0) is 7.05 Å². The van der Waals surface area contributed by atoms with Crippen molar-refractivity contribution in [2.24, 2.45) is 7.05 Å². The number of aromatic amines is 1. The number of aryl methyl sites for hydroxylation is 1. The Morgan fingerprint density at radius 2 is 1.97 bits per heavy atom. The van der Waals surface area contributed by atoms with Crippen molar-refractivity contribution in [3.05, 3.63) is 43.2 Å². The van der Waals surface area contributed by atoms with Gasteiger partial charge in [0.25, 0.3) is 0 Å². The van der Waals surface area contributed by atoms with E-state index in [4.69, 9.17) is 4.98 Å². The smallest absolute Gasteiger partial charge is 0.147 e. The molecule has 5 heterocycles. The number of hydrogen-bond acceptors (Lipinski definition) is 6. The van der Waals surface area contributed by atoms with Gasteiger partial charge in [0.1, 0.15) is 11.5 Å². The average molecular weight is 388 g/mol. The van der Waals surface area contributed by atoms with E-state index >= 15 is 0 Å². The van der Waals surface area contributed by atoms with Gasteiger partial charge in [-0.05, 0) is 32.0 Å². The SMILES string of the molecule is CN(c1cncc(-c2c[nH]c3ncc(-c4cnn(C)c4)cc23)n1)C1CCNCC1. The van der Waals surface area contributed by atoms with E-state index in [9.17, 15) is 0 Å². The molecule has 1 aliphatic heterocycles. The van der Waals surface area contributed by atoms with Crippen LogP contribution in [0.5, 0.6) is 0 Å². The van der Waals surface area contributed by atoms with Crippen LogP contribution in [0, 0.1) is 0 Å². The van der Waals surface area contributed by atoms with Crippen LogP contribution in [0.25, 0.3) is 33.4 Å². The molecule has 4 aromatic rings. The molecule has 29 heavy (non-hydrogen) atoms. The third-order valence-corrected chi connectivity index (χ3v) is 5.68. The standard InChI is InChI=1S/C21H24N8/c1-28-13-15(9-26-28)14-7-17-18(10-25-21(17)24-8-14)19-11-23-12-20(27-19)29(2)16-3-5-22-6-4-16/h7-13,16,22H,3-6H2,1-2H3,(H,24,25). The van der Waals surface area contributed by atoms with Crippen molar-refractivity contribution < 1.29 is 0 Å². The van der Waals surface area contributed by atoms with Gasteiger partial charge in [-0.1, -0.05) is 0 Å². The summed E-state index contributed by atoms with van der Waals surface area (Å²) in [6.07, 6.45) is 13.6. The average Bonchev–Trinajstić information content (AvgIpc) is 3.39. The lowest BCUT2D eigenvalue weighted by Gasteiger charge is -2.32. The molecule has 1 saturated heterocycles. The largest absolute Gasteiger partial charge is 0.355 e. The van der Waals surface area contributed by atoms with Crippen LogP contribution in [0.15, 0.2) is 43.2 Å². The number of nitrogens with one attached hydrogen (secondary N) is 2. The lowest BCUT2D eigenvalue weighted by Crippen LogP contribution is -2.41. The Morgan fingerprint density at radius 3 is 2.76 bits per heavy atom. The molecule has 4 aromatic heterocycles. The summed E-state index contributed by atoms with van der Waals surface area (Å²) in [7, 11) is 4.03. The maximum absolute atomic E-state index is 4.93. The lowest BCUT2D eigenvalue weighted by molar-refractivity contribution is 0.441. The Labute approximate surface area is 169 Å². The molecule has 8 nitrogen and oxygen atoms in total. The van der Waals surface area contributed by atoms with Crippen molar-refractivity contribution in [1.82, 2.24) is 35.0 Å². The van der Waals surface area contributed by atoms with Crippen molar-refractivity contribution in [3.63, 3.8) is 0 Å². The maximum Gasteiger partial charge on any atom is 0.147 e. The van der Waals surface area contributed by atoms with Gasteiger partial charge < -0.3 is 15.2 Å². The van der Waals surface area contributed by atoms with E-state index in [0.717, 1.165) is 65.2 Å². The molecule has 0 spiro atoms. The summed E-state index contributed by atoms with van der Waals surface area (Å²) in [5, 5.41) is 8.71. The molecule has 1 fully saturated rings. The summed E-state index contributed by atoms with van der Waals surface area (Å²) in [5.74, 6) is 0.903. The van der Waals surface area contributed by atoms with Crippen molar-refractivity contribution in [3.8, 4) is 22.4 Å². The van der Waals surface area contributed by atoms with E-state index in [-0.39, 0.29) is 0 Å². The quantitative estimate of drug-likeness (QED) is 0.559. The van der Waals surface area contributed by atoms with E-state index in [1.165, 1.54) is 0 Å². The highest BCUT2D eigenvalue weighted by atomic mass is 15.2. The number of anilines is 1. The zero-order valence-electron chi connectivity index (χ0n) is 16.6. The Kier molecular flexibility index (Phi) is 4.48. The Bertz CT molecular complexity index is 1140. The third kappa shape index (κ3) is 3.36. The minimum atomic E-state index is 0.489. The highest BCUT2D eigenvalue weighted by molar-refractivity contribution is 5.94. The molecule has 0 bridgehead atoms. The van der Waals surface area contributed by atoms with Gasteiger partial charge in [0, 0.05) is 60.8 Å². The number of piperidine rings is 1. The topological polar surface area (TPSA) is 87.6 Å². The number of pyridine rings is 1. The van der Waals surface area contributed by atoms with E-state index in [1.54, 1.807) is 4.68 Å². The van der Waals surface area contributed by atoms with Gasteiger partial charge in [0.15, 0.2) is 0 Å². The number of hydrogen-bond donors (Lipinski definition) is 2. The molecular weight excluding hydrogens is 364 g/mol. The summed E-state index contributed by atoms with van der Waals surface area (Å²) in [5.41, 5.74) is 4.76. The van der Waals surface area contributed by atoms with E-state index in [2.05, 4.69) is 43.4 Å². The minimum Gasteiger partial charge on any atom is -0.355 e. The number of fused-ring (bicyclic) bond motifs is 1. The van der Waals surface area contributed by atoms with Crippen LogP contribution in [0.2, 0.25) is 0 Å². The molecule has 0 unspecified atom stereocenters. The second-order valence-corrected chi connectivity index (χ2v) is 7.58. The Hall–Kier alpha value is -3.26. The van der Waals surface area contributed by atoms with Gasteiger partial charge in [-0.3, -0.25) is 9.67 Å². The third-order valence-electron chi connectivity index (χ3n) is 5.68. The summed E-state index contributed by atoms with van der Waals surface area (Å²) in [6.45, 7) is 2.10. The highest BCUT2D eigenvalue weighted by Crippen LogP contribution is 2.30. The summed E-state index contributed by atoms with van der Waals surface area (Å²) in [4.78, 5) is 19.5. The molecular formula is C21H24N8. The van der Waals surface area contributed by atoms with Gasteiger partial charge in [0.2, 0.25) is 0 Å². The first-order valence-electron chi connectivity index (χ1n) is 9.91. The summed E-state index contributed by atoms with van der Waals surface area (Å²) in [6, 6.07) is 2.62. The first kappa shape index (κ1) is 17.8. The predicted molar refractivity (Wildman–Crippen MR) is 114 cm³/mol. The number of aromatic nitrogens is 6. The Balaban J connectivity index is 1.52. The predicted octanol–water partition coefficient (Wildman–Crippen LogP) is 2.61. The van der Waals surface area contributed by atoms with Crippen LogP contribution in [-0.4, -0.2) is 55.9 Å². The van der Waals surface area contributed by atoms with Crippen LogP contribution >= 0.6 is 0 Å². The minimum absolute atomic E-state index is 0.489. The fourth-order valence-corrected chi connectivity index (χ4v) is 3.98. The van der Waals surface area contributed by atoms with E-state index in [1.807, 2.05) is 44.2 Å². The first-order valence-corrected chi connectivity index (χ1v) is 9.91. The van der Waals surface area contributed by atoms with Gasteiger partial charge in [-0.25, -0.2) is 9.97 Å². The second-order valence-electron chi connectivity index (χ2n) is 7.58. The maximum atomic E-state index is 4.93. The number of rotatable bonds is 4. The molecule has 2 N–H and O–H groups in total. The first-order chi connectivity index (χ1) is 14.2. The molecule has 0 radical (unpaired) electrons. The molecule has 0 aromatic carbocycles. The van der Waals surface area contributed by atoms with Crippen molar-refractivity contribution in [2.75, 3.05) is 25.0 Å². The highest BCUT2D eigenvalue weighted by Gasteiger charge is 2.20. The molecule has 0 aliphatic carbocycles. The van der Waals surface area contributed by atoms with Crippen molar-refractivity contribution >= 4 is 16.9 Å². The summed E-state index contributed by atoms with van der Waals surface area (Å²) >= 11 is 0. The van der Waals surface area contributed by atoms with Gasteiger partial charge in [-0.2, -0.15) is 5.10 Å². The second kappa shape index (κ2) is 7.29. The zero-order valence-corrected chi connectivity index (χ0v) is 16.6. The van der Waals surface area contributed by atoms with E-state index < -0.39 is 0 Å². The molecule has 0 amide bonds. The zero-order chi connectivity index (χ0) is 19.8. The van der Waals surface area contributed by atoms with Crippen molar-refractivity contribution in [2.45, 2.75) is 18.9 Å². The van der Waals surface area contributed by atoms with Gasteiger partial charge in [0.05, 0.1) is 24.3 Å². The van der Waals surface area contributed by atoms with Crippen molar-refractivity contribution in [1.29, 1.82) is 0 Å². The van der Waals surface area contributed by atoms with E-state index in [0.29, 0.717) is 6.04 Å². The monoisotopic (exact) mass is 388 g/mol. The fraction of sp³-hybridized carbons (Fsp3) is 0.333. The summed E-state index contributed by atoms with van der Waals surface area (Å²) < 4.78 is 1.79. The lowest BCUT2D eigenvalue weighted by atomic mass is 10.1. The molecule has 5 rings (SSSR count). The van der Waals surface area contributed by atoms with Crippen LogP contribution < -0.4 is 10.2 Å². The molecule has 1 aliphatic rings. The molecule has 0 saturated carbocycles. The molecule has 148 valence electrons. The number of H-pyrrole nitrogens is 1. The van der Waals surface area contributed by atoms with Crippen LogP contribution in [0.3, 0.4) is 0 Å². The number of nitrogens with zero attached hydrogens (tertiary/aromatic N) is 6. The fourth-order valence-electron chi connectivity index (χ4n) is 3.98.